The highest BCUT2D eigenvalue weighted by Gasteiger charge is 2.20. The highest BCUT2D eigenvalue weighted by Crippen LogP contribution is 2.30. The first-order valence-electron chi connectivity index (χ1n) is 6.83. The van der Waals surface area contributed by atoms with Gasteiger partial charge in [-0.15, -0.1) is 0 Å². The summed E-state index contributed by atoms with van der Waals surface area (Å²) in [7, 11) is 0. The number of hydrogen-bond acceptors (Lipinski definition) is 1. The zero-order valence-electron chi connectivity index (χ0n) is 13.0. The van der Waals surface area contributed by atoms with E-state index in [1.54, 1.807) is 0 Å². The van der Waals surface area contributed by atoms with E-state index in [-0.39, 0.29) is 10.8 Å². The molecule has 102 valence electrons. The van der Waals surface area contributed by atoms with Gasteiger partial charge >= 0.3 is 0 Å². The summed E-state index contributed by atoms with van der Waals surface area (Å²) in [5.41, 5.74) is 4.68. The highest BCUT2D eigenvalue weighted by atomic mass is 32.1. The van der Waals surface area contributed by atoms with E-state index in [1.807, 2.05) is 0 Å². The monoisotopic (exact) mass is 264 g/mol. The van der Waals surface area contributed by atoms with Gasteiger partial charge in [-0.3, -0.25) is 0 Å². The third-order valence-corrected chi connectivity index (χ3v) is 3.44. The molecule has 0 aliphatic carbocycles. The topological polar surface area (TPSA) is 0 Å². The van der Waals surface area contributed by atoms with Crippen molar-refractivity contribution in [1.29, 1.82) is 0 Å². The third-order valence-electron chi connectivity index (χ3n) is 3.26. The number of thiol groups is 1. The summed E-state index contributed by atoms with van der Waals surface area (Å²) in [6.45, 7) is 15.8. The SMILES string of the molecule is CC(S)Cc1cc(C(C)(C)C)cc(C(C)(C)C)c1. The van der Waals surface area contributed by atoms with E-state index in [0.717, 1.165) is 6.42 Å². The lowest BCUT2D eigenvalue weighted by molar-refractivity contribution is 0.566. The summed E-state index contributed by atoms with van der Waals surface area (Å²) in [5, 5.41) is 0.410. The van der Waals surface area contributed by atoms with Gasteiger partial charge in [0.25, 0.3) is 0 Å². The second kappa shape index (κ2) is 5.28. The molecule has 0 radical (unpaired) electrons. The molecule has 0 saturated carbocycles. The molecule has 0 N–H and O–H groups in total. The van der Waals surface area contributed by atoms with E-state index in [0.29, 0.717) is 5.25 Å². The number of benzene rings is 1. The molecular formula is C17H28S. The van der Waals surface area contributed by atoms with E-state index in [9.17, 15) is 0 Å². The van der Waals surface area contributed by atoms with Crippen LogP contribution in [0.4, 0.5) is 0 Å². The molecule has 0 amide bonds. The first-order chi connectivity index (χ1) is 8.00. The van der Waals surface area contributed by atoms with Gasteiger partial charge in [0.2, 0.25) is 0 Å². The maximum atomic E-state index is 4.52. The van der Waals surface area contributed by atoms with Gasteiger partial charge in [0, 0.05) is 5.25 Å². The Morgan fingerprint density at radius 1 is 0.889 bits per heavy atom. The van der Waals surface area contributed by atoms with E-state index in [1.165, 1.54) is 16.7 Å². The predicted octanol–water partition coefficient (Wildman–Crippen LogP) is 5.14. The van der Waals surface area contributed by atoms with Crippen LogP contribution in [-0.2, 0) is 17.3 Å². The minimum Gasteiger partial charge on any atom is -0.176 e. The molecule has 1 aromatic carbocycles. The van der Waals surface area contributed by atoms with Gasteiger partial charge in [-0.2, -0.15) is 12.6 Å². The summed E-state index contributed by atoms with van der Waals surface area (Å²) in [4.78, 5) is 0. The molecule has 0 aromatic heterocycles. The number of rotatable bonds is 2. The van der Waals surface area contributed by atoms with Gasteiger partial charge in [0.1, 0.15) is 0 Å². The fraction of sp³-hybridized carbons (Fsp3) is 0.647. The average molecular weight is 264 g/mol. The van der Waals surface area contributed by atoms with Crippen LogP contribution in [0.25, 0.3) is 0 Å². The van der Waals surface area contributed by atoms with E-state index >= 15 is 0 Å². The van der Waals surface area contributed by atoms with Gasteiger partial charge in [0.15, 0.2) is 0 Å². The minimum atomic E-state index is 0.204. The zero-order valence-corrected chi connectivity index (χ0v) is 13.9. The zero-order chi connectivity index (χ0) is 14.1. The normalized spacial score (nSPS) is 14.7. The molecule has 0 nitrogen and oxygen atoms in total. The molecule has 0 aliphatic heterocycles. The second-order valence-corrected chi connectivity index (χ2v) is 8.35. The van der Waals surface area contributed by atoms with Crippen LogP contribution in [0.15, 0.2) is 18.2 Å². The fourth-order valence-electron chi connectivity index (χ4n) is 2.02. The molecule has 1 heteroatoms. The summed E-state index contributed by atoms with van der Waals surface area (Å²) in [5.74, 6) is 0. The molecule has 0 bridgehead atoms. The maximum Gasteiger partial charge on any atom is 0.00288 e. The van der Waals surface area contributed by atoms with Crippen molar-refractivity contribution < 1.29 is 0 Å². The molecule has 0 aliphatic rings. The number of hydrogen-bond donors (Lipinski definition) is 1. The van der Waals surface area contributed by atoms with Gasteiger partial charge in [-0.25, -0.2) is 0 Å². The Morgan fingerprint density at radius 2 is 1.28 bits per heavy atom. The summed E-state index contributed by atoms with van der Waals surface area (Å²) in [6, 6.07) is 7.07. The van der Waals surface area contributed by atoms with Crippen molar-refractivity contribution >= 4 is 12.6 Å². The lowest BCUT2D eigenvalue weighted by Gasteiger charge is -2.26. The molecular weight excluding hydrogens is 236 g/mol. The lowest BCUT2D eigenvalue weighted by atomic mass is 9.79. The van der Waals surface area contributed by atoms with Crippen LogP contribution in [0.1, 0.15) is 65.2 Å². The van der Waals surface area contributed by atoms with Crippen molar-refractivity contribution in [2.24, 2.45) is 0 Å². The van der Waals surface area contributed by atoms with Crippen LogP contribution in [0, 0.1) is 0 Å². The molecule has 0 fully saturated rings. The van der Waals surface area contributed by atoms with Gasteiger partial charge < -0.3 is 0 Å². The van der Waals surface area contributed by atoms with E-state index in [4.69, 9.17) is 0 Å². The smallest absolute Gasteiger partial charge is 0.00288 e. The highest BCUT2D eigenvalue weighted by molar-refractivity contribution is 7.80. The minimum absolute atomic E-state index is 0.204. The van der Waals surface area contributed by atoms with Crippen LogP contribution in [0.5, 0.6) is 0 Å². The van der Waals surface area contributed by atoms with Crippen molar-refractivity contribution in [3.63, 3.8) is 0 Å². The van der Waals surface area contributed by atoms with E-state index < -0.39 is 0 Å². The Hall–Kier alpha value is -0.430. The maximum absolute atomic E-state index is 4.52. The van der Waals surface area contributed by atoms with Crippen LogP contribution in [0.2, 0.25) is 0 Å². The fourth-order valence-corrected chi connectivity index (χ4v) is 2.23. The summed E-state index contributed by atoms with van der Waals surface area (Å²) < 4.78 is 0. The Morgan fingerprint density at radius 3 is 1.56 bits per heavy atom. The van der Waals surface area contributed by atoms with Gasteiger partial charge in [-0.1, -0.05) is 66.7 Å². The molecule has 18 heavy (non-hydrogen) atoms. The summed E-state index contributed by atoms with van der Waals surface area (Å²) in [6.07, 6.45) is 1.04. The van der Waals surface area contributed by atoms with Gasteiger partial charge in [-0.05, 0) is 33.9 Å². The molecule has 1 rings (SSSR count). The van der Waals surface area contributed by atoms with Gasteiger partial charge in [0.05, 0.1) is 0 Å². The second-order valence-electron chi connectivity index (χ2n) is 7.47. The van der Waals surface area contributed by atoms with Crippen LogP contribution < -0.4 is 0 Å². The Kier molecular flexibility index (Phi) is 4.59. The lowest BCUT2D eigenvalue weighted by Crippen LogP contribution is -2.17. The van der Waals surface area contributed by atoms with E-state index in [2.05, 4.69) is 79.3 Å². The Balaban J connectivity index is 3.29. The van der Waals surface area contributed by atoms with Crippen LogP contribution in [0.3, 0.4) is 0 Å². The predicted molar refractivity (Wildman–Crippen MR) is 86.0 cm³/mol. The standard InChI is InChI=1S/C17H28S/c1-12(18)8-13-9-14(16(2,3)4)11-15(10-13)17(5,6)7/h9-12,18H,8H2,1-7H3. The largest absolute Gasteiger partial charge is 0.176 e. The first kappa shape index (κ1) is 15.6. The molecule has 0 heterocycles. The van der Waals surface area contributed by atoms with Crippen LogP contribution in [-0.4, -0.2) is 5.25 Å². The molecule has 1 atom stereocenters. The average Bonchev–Trinajstić information content (AvgIpc) is 2.13. The molecule has 0 saturated heterocycles. The van der Waals surface area contributed by atoms with Crippen molar-refractivity contribution in [2.75, 3.05) is 0 Å². The molecule has 1 unspecified atom stereocenters. The first-order valence-corrected chi connectivity index (χ1v) is 7.35. The van der Waals surface area contributed by atoms with Crippen molar-refractivity contribution in [1.82, 2.24) is 0 Å². The van der Waals surface area contributed by atoms with Crippen molar-refractivity contribution in [3.8, 4) is 0 Å². The van der Waals surface area contributed by atoms with Crippen LogP contribution >= 0.6 is 12.6 Å². The van der Waals surface area contributed by atoms with Crippen molar-refractivity contribution in [2.45, 2.75) is 71.0 Å². The quantitative estimate of drug-likeness (QED) is 0.702. The Labute approximate surface area is 119 Å². The van der Waals surface area contributed by atoms with Crippen molar-refractivity contribution in [3.05, 3.63) is 34.9 Å². The summed E-state index contributed by atoms with van der Waals surface area (Å²) >= 11 is 4.52. The molecule has 1 aromatic rings. The molecule has 0 spiro atoms. The Bertz CT molecular complexity index is 370. The third kappa shape index (κ3) is 4.35.